The Morgan fingerprint density at radius 2 is 0.635 bits per heavy atom. The van der Waals surface area contributed by atoms with Crippen LogP contribution in [-0.4, -0.2) is 57.3 Å². The molecule has 0 rings (SSSR count). The van der Waals surface area contributed by atoms with Gasteiger partial charge in [0.25, 0.3) is 0 Å². The van der Waals surface area contributed by atoms with E-state index in [1.807, 2.05) is 0 Å². The zero-order valence-electron chi connectivity index (χ0n) is 42.6. The Bertz CT molecular complexity index is 913. The number of carbonyl (C=O) groups excluding carboxylic acids is 1. The van der Waals surface area contributed by atoms with E-state index in [1.54, 1.807) is 0 Å². The fourth-order valence-electron chi connectivity index (χ4n) is 9.23. The number of hydrogen-bond acceptors (Lipinski definition) is 5. The van der Waals surface area contributed by atoms with E-state index in [0.29, 0.717) is 12.8 Å². The zero-order chi connectivity index (χ0) is 45.9. The fourth-order valence-corrected chi connectivity index (χ4v) is 9.23. The summed E-state index contributed by atoms with van der Waals surface area (Å²) in [7, 11) is 0. The van der Waals surface area contributed by atoms with Crippen LogP contribution in [0.2, 0.25) is 0 Å². The Morgan fingerprint density at radius 3 is 0.921 bits per heavy atom. The van der Waals surface area contributed by atoms with Gasteiger partial charge in [-0.2, -0.15) is 0 Å². The first-order valence-corrected chi connectivity index (χ1v) is 28.6. The maximum absolute atomic E-state index is 12.6. The van der Waals surface area contributed by atoms with Crippen LogP contribution in [0.15, 0.2) is 12.2 Å². The molecule has 0 aliphatic rings. The number of nitrogens with one attached hydrogen (secondary N) is 1. The highest BCUT2D eigenvalue weighted by Crippen LogP contribution is 2.18. The van der Waals surface area contributed by atoms with Crippen molar-refractivity contribution in [3.63, 3.8) is 0 Å². The van der Waals surface area contributed by atoms with Crippen LogP contribution < -0.4 is 5.32 Å². The van der Waals surface area contributed by atoms with Gasteiger partial charge in [0.1, 0.15) is 12.2 Å². The molecule has 0 aliphatic carbocycles. The van der Waals surface area contributed by atoms with Crippen LogP contribution in [0.4, 0.5) is 0 Å². The maximum Gasteiger partial charge on any atom is 0.249 e. The van der Waals surface area contributed by atoms with Crippen LogP contribution in [0.5, 0.6) is 0 Å². The predicted molar refractivity (Wildman–Crippen MR) is 275 cm³/mol. The van der Waals surface area contributed by atoms with Gasteiger partial charge in [-0.3, -0.25) is 4.79 Å². The van der Waals surface area contributed by atoms with Crippen molar-refractivity contribution in [3.05, 3.63) is 12.2 Å². The average Bonchev–Trinajstić information content (AvgIpc) is 3.29. The molecule has 376 valence electrons. The van der Waals surface area contributed by atoms with Gasteiger partial charge in [0.05, 0.1) is 18.8 Å². The topological polar surface area (TPSA) is 110 Å². The SMILES string of the molecule is CCCCCCCCCCCCCC/C=C\CCCCCCCCCCCCCC(O)C(=O)NC(CO)C(O)C(O)CCCCCCCCCCCCCCCCCCCCCC. The summed E-state index contributed by atoms with van der Waals surface area (Å²) in [5, 5.41) is 44.0. The van der Waals surface area contributed by atoms with Crippen molar-refractivity contribution < 1.29 is 25.2 Å². The molecule has 0 radical (unpaired) electrons. The van der Waals surface area contributed by atoms with Gasteiger partial charge in [-0.1, -0.05) is 289 Å². The smallest absolute Gasteiger partial charge is 0.249 e. The van der Waals surface area contributed by atoms with Gasteiger partial charge in [0.2, 0.25) is 5.91 Å². The largest absolute Gasteiger partial charge is 0.394 e. The van der Waals surface area contributed by atoms with Crippen LogP contribution in [0.25, 0.3) is 0 Å². The third kappa shape index (κ3) is 46.0. The van der Waals surface area contributed by atoms with Crippen molar-refractivity contribution in [1.29, 1.82) is 0 Å². The summed E-state index contributed by atoms with van der Waals surface area (Å²) in [6.45, 7) is 4.09. The highest BCUT2D eigenvalue weighted by atomic mass is 16.3. The molecule has 0 aliphatic heterocycles. The number of carbonyl (C=O) groups is 1. The number of rotatable bonds is 53. The van der Waals surface area contributed by atoms with E-state index >= 15 is 0 Å². The first-order valence-electron chi connectivity index (χ1n) is 28.6. The highest BCUT2D eigenvalue weighted by Gasteiger charge is 2.28. The minimum atomic E-state index is -1.26. The number of allylic oxidation sites excluding steroid dienone is 2. The lowest BCUT2D eigenvalue weighted by molar-refractivity contribution is -0.132. The molecule has 0 spiro atoms. The van der Waals surface area contributed by atoms with Crippen LogP contribution in [0.3, 0.4) is 0 Å². The van der Waals surface area contributed by atoms with Gasteiger partial charge < -0.3 is 25.7 Å². The number of aliphatic hydroxyl groups excluding tert-OH is 4. The molecule has 0 aromatic carbocycles. The normalized spacial score (nSPS) is 13.8. The summed E-state index contributed by atoms with van der Waals surface area (Å²) < 4.78 is 0. The van der Waals surface area contributed by atoms with Crippen molar-refractivity contribution in [3.8, 4) is 0 Å². The van der Waals surface area contributed by atoms with E-state index in [-0.39, 0.29) is 0 Å². The summed E-state index contributed by atoms with van der Waals surface area (Å²) in [5.74, 6) is -0.579. The van der Waals surface area contributed by atoms with Crippen molar-refractivity contribution in [1.82, 2.24) is 5.32 Å². The lowest BCUT2D eigenvalue weighted by Gasteiger charge is -2.27. The molecule has 63 heavy (non-hydrogen) atoms. The van der Waals surface area contributed by atoms with Gasteiger partial charge in [-0.05, 0) is 38.5 Å². The second-order valence-electron chi connectivity index (χ2n) is 20.0. The third-order valence-corrected chi connectivity index (χ3v) is 13.7. The van der Waals surface area contributed by atoms with Gasteiger partial charge in [-0.25, -0.2) is 0 Å². The lowest BCUT2D eigenvalue weighted by Crippen LogP contribution is -2.53. The van der Waals surface area contributed by atoms with Crippen LogP contribution in [0, 0.1) is 0 Å². The molecule has 1 amide bonds. The second kappa shape index (κ2) is 52.0. The minimum absolute atomic E-state index is 0.372. The molecule has 0 saturated carbocycles. The van der Waals surface area contributed by atoms with Crippen molar-refractivity contribution in [2.45, 2.75) is 340 Å². The van der Waals surface area contributed by atoms with E-state index in [9.17, 15) is 25.2 Å². The predicted octanol–water partition coefficient (Wildman–Crippen LogP) is 16.5. The number of unbranched alkanes of at least 4 members (excludes halogenated alkanes) is 42. The molecule has 0 aromatic heterocycles. The van der Waals surface area contributed by atoms with E-state index in [4.69, 9.17) is 0 Å². The van der Waals surface area contributed by atoms with Crippen LogP contribution in [-0.2, 0) is 4.79 Å². The fraction of sp³-hybridized carbons (Fsp3) is 0.947. The lowest BCUT2D eigenvalue weighted by atomic mass is 9.99. The molecule has 0 fully saturated rings. The van der Waals surface area contributed by atoms with Crippen molar-refractivity contribution in [2.75, 3.05) is 6.61 Å². The monoisotopic (exact) mass is 892 g/mol. The zero-order valence-corrected chi connectivity index (χ0v) is 42.6. The van der Waals surface area contributed by atoms with E-state index in [2.05, 4.69) is 31.3 Å². The molecule has 4 atom stereocenters. The highest BCUT2D eigenvalue weighted by molar-refractivity contribution is 5.80. The first-order chi connectivity index (χ1) is 31.0. The number of aliphatic hydroxyl groups is 4. The van der Waals surface area contributed by atoms with E-state index in [0.717, 1.165) is 38.5 Å². The second-order valence-corrected chi connectivity index (χ2v) is 20.0. The molecule has 0 saturated heterocycles. The number of amides is 1. The van der Waals surface area contributed by atoms with Gasteiger partial charge in [0.15, 0.2) is 0 Å². The average molecular weight is 893 g/mol. The third-order valence-electron chi connectivity index (χ3n) is 13.7. The van der Waals surface area contributed by atoms with Crippen LogP contribution in [0.1, 0.15) is 316 Å². The van der Waals surface area contributed by atoms with Crippen LogP contribution >= 0.6 is 0 Å². The first kappa shape index (κ1) is 62.1. The summed E-state index contributed by atoms with van der Waals surface area (Å²) >= 11 is 0. The molecule has 4 unspecified atom stereocenters. The Balaban J connectivity index is 3.60. The summed E-state index contributed by atoms with van der Waals surface area (Å²) in [4.78, 5) is 12.6. The molecular formula is C57H113NO5. The van der Waals surface area contributed by atoms with Gasteiger partial charge in [-0.15, -0.1) is 0 Å². The van der Waals surface area contributed by atoms with E-state index in [1.165, 1.54) is 250 Å². The maximum atomic E-state index is 12.6. The molecular weight excluding hydrogens is 779 g/mol. The number of hydrogen-bond donors (Lipinski definition) is 5. The Labute approximate surface area is 393 Å². The Hall–Kier alpha value is -0.950. The van der Waals surface area contributed by atoms with Crippen molar-refractivity contribution in [2.24, 2.45) is 0 Å². The molecule has 0 bridgehead atoms. The molecule has 0 heterocycles. The summed E-state index contributed by atoms with van der Waals surface area (Å²) in [6.07, 6.45) is 61.3. The van der Waals surface area contributed by atoms with Gasteiger partial charge in [0, 0.05) is 0 Å². The molecule has 6 heteroatoms. The summed E-state index contributed by atoms with van der Waals surface area (Å²) in [6, 6.07) is -0.983. The van der Waals surface area contributed by atoms with Gasteiger partial charge >= 0.3 is 0 Å². The molecule has 0 aromatic rings. The Kier molecular flexibility index (Phi) is 51.2. The Morgan fingerprint density at radius 1 is 0.381 bits per heavy atom. The molecule has 6 nitrogen and oxygen atoms in total. The molecule has 5 N–H and O–H groups in total. The van der Waals surface area contributed by atoms with Crippen molar-refractivity contribution >= 4 is 5.91 Å². The minimum Gasteiger partial charge on any atom is -0.394 e. The standard InChI is InChI=1S/C57H113NO5/c1-3-5-7-9-11-13-15-17-19-21-23-25-26-27-28-29-30-31-33-35-37-39-41-43-45-47-49-51-55(61)57(63)58-53(52-59)56(62)54(60)50-48-46-44-42-40-38-36-34-32-24-22-20-18-16-14-12-10-8-6-4-2/h27-28,53-56,59-62H,3-26,29-52H2,1-2H3,(H,58,63)/b28-27-. The van der Waals surface area contributed by atoms with E-state index < -0.39 is 36.9 Å². The quantitative estimate of drug-likeness (QED) is 0.0309. The summed E-state index contributed by atoms with van der Waals surface area (Å²) in [5.41, 5.74) is 0.